The first-order valence-electron chi connectivity index (χ1n) is 3.86. The Morgan fingerprint density at radius 2 is 1.88 bits per heavy atom. The van der Waals surface area contributed by atoms with Crippen LogP contribution >= 0.6 is 0 Å². The van der Waals surface area contributed by atoms with Crippen LogP contribution in [0.5, 0.6) is 5.75 Å². The Morgan fingerprint density at radius 1 is 1.31 bits per heavy atom. The number of hydrogen-bond donors (Lipinski definition) is 0. The van der Waals surface area contributed by atoms with Gasteiger partial charge in [-0.3, -0.25) is 0 Å². The molecule has 0 amide bonds. The molecule has 0 saturated carbocycles. The molecule has 0 bridgehead atoms. The van der Waals surface area contributed by atoms with Crippen molar-refractivity contribution in [2.75, 3.05) is 7.11 Å². The maximum atomic E-state index is 13.1. The second kappa shape index (κ2) is 4.18. The molecule has 16 heavy (non-hydrogen) atoms. The van der Waals surface area contributed by atoms with Crippen molar-refractivity contribution in [3.63, 3.8) is 0 Å². The van der Waals surface area contributed by atoms with Gasteiger partial charge in [-0.15, -0.1) is 0 Å². The topological polar surface area (TPSA) is 22.1 Å². The van der Waals surface area contributed by atoms with Crippen molar-refractivity contribution < 1.29 is 31.1 Å². The van der Waals surface area contributed by atoms with Gasteiger partial charge in [0.1, 0.15) is 11.3 Å². The van der Waals surface area contributed by atoms with Crippen molar-refractivity contribution in [1.82, 2.24) is 4.98 Å². The third kappa shape index (κ3) is 2.20. The zero-order chi connectivity index (χ0) is 12.5. The second-order valence-corrected chi connectivity index (χ2v) is 2.70. The highest BCUT2D eigenvalue weighted by Gasteiger charge is 2.40. The van der Waals surface area contributed by atoms with Gasteiger partial charge < -0.3 is 4.74 Å². The van der Waals surface area contributed by atoms with E-state index in [1.807, 2.05) is 0 Å². The first-order chi connectivity index (χ1) is 7.29. The van der Waals surface area contributed by atoms with E-state index in [2.05, 4.69) is 9.72 Å². The van der Waals surface area contributed by atoms with Crippen LogP contribution in [-0.2, 0) is 6.18 Å². The average molecular weight is 245 g/mol. The van der Waals surface area contributed by atoms with E-state index in [1.54, 1.807) is 0 Å². The van der Waals surface area contributed by atoms with E-state index in [0.29, 0.717) is 6.20 Å². The number of hydrogen-bond acceptors (Lipinski definition) is 2. The smallest absolute Gasteiger partial charge is 0.422 e. The van der Waals surface area contributed by atoms with Crippen LogP contribution in [-0.4, -0.2) is 12.1 Å². The highest BCUT2D eigenvalue weighted by molar-refractivity contribution is 5.36. The standard InChI is InChI=1S/C8H5F6NO/c1-16-3-2-15-6(7(10)11)5(9)4(3)8(12,13)14/h2,7H,1H3. The molecule has 8 heteroatoms. The van der Waals surface area contributed by atoms with Crippen molar-refractivity contribution in [2.45, 2.75) is 12.6 Å². The van der Waals surface area contributed by atoms with Crippen LogP contribution in [0.25, 0.3) is 0 Å². The lowest BCUT2D eigenvalue weighted by molar-refractivity contribution is -0.141. The fourth-order valence-electron chi connectivity index (χ4n) is 1.06. The summed E-state index contributed by atoms with van der Waals surface area (Å²) in [5.74, 6) is -3.05. The number of pyridine rings is 1. The molecule has 0 aromatic carbocycles. The molecular formula is C8H5F6NO. The van der Waals surface area contributed by atoms with Crippen molar-refractivity contribution in [3.8, 4) is 5.75 Å². The molecule has 0 unspecified atom stereocenters. The maximum absolute atomic E-state index is 13.1. The lowest BCUT2D eigenvalue weighted by atomic mass is 10.2. The van der Waals surface area contributed by atoms with E-state index >= 15 is 0 Å². The lowest BCUT2D eigenvalue weighted by Crippen LogP contribution is -2.13. The zero-order valence-electron chi connectivity index (χ0n) is 7.78. The Labute approximate surface area is 85.9 Å². The molecule has 0 N–H and O–H groups in total. The third-order valence-electron chi connectivity index (χ3n) is 1.72. The van der Waals surface area contributed by atoms with Gasteiger partial charge in [-0.1, -0.05) is 0 Å². The van der Waals surface area contributed by atoms with Crippen LogP contribution in [0.4, 0.5) is 26.3 Å². The van der Waals surface area contributed by atoms with Crippen LogP contribution in [0, 0.1) is 5.82 Å². The average Bonchev–Trinajstić information content (AvgIpc) is 2.14. The molecule has 0 radical (unpaired) electrons. The SMILES string of the molecule is COc1cnc(C(F)F)c(F)c1C(F)(F)F. The van der Waals surface area contributed by atoms with E-state index in [4.69, 9.17) is 0 Å². The zero-order valence-corrected chi connectivity index (χ0v) is 7.78. The summed E-state index contributed by atoms with van der Waals surface area (Å²) in [7, 11) is 0.855. The molecule has 0 fully saturated rings. The molecule has 1 aromatic heterocycles. The molecule has 0 spiro atoms. The Kier molecular flexibility index (Phi) is 3.30. The minimum atomic E-state index is -5.12. The van der Waals surface area contributed by atoms with Gasteiger partial charge in [0.15, 0.2) is 11.6 Å². The number of ether oxygens (including phenoxy) is 1. The number of aromatic nitrogens is 1. The molecule has 0 aliphatic rings. The van der Waals surface area contributed by atoms with Gasteiger partial charge in [-0.25, -0.2) is 18.2 Å². The van der Waals surface area contributed by atoms with E-state index in [0.717, 1.165) is 7.11 Å². The summed E-state index contributed by atoms with van der Waals surface area (Å²) in [6.45, 7) is 0. The van der Waals surface area contributed by atoms with Crippen molar-refractivity contribution in [1.29, 1.82) is 0 Å². The van der Waals surface area contributed by atoms with Gasteiger partial charge in [0.05, 0.1) is 13.3 Å². The minimum Gasteiger partial charge on any atom is -0.494 e. The molecule has 90 valence electrons. The first kappa shape index (κ1) is 12.6. The van der Waals surface area contributed by atoms with E-state index in [-0.39, 0.29) is 0 Å². The van der Waals surface area contributed by atoms with Crippen molar-refractivity contribution in [3.05, 3.63) is 23.3 Å². The molecule has 1 heterocycles. The number of rotatable bonds is 2. The van der Waals surface area contributed by atoms with Crippen molar-refractivity contribution >= 4 is 0 Å². The number of alkyl halides is 5. The van der Waals surface area contributed by atoms with Crippen LogP contribution in [0.15, 0.2) is 6.20 Å². The molecular weight excluding hydrogens is 240 g/mol. The van der Waals surface area contributed by atoms with Gasteiger partial charge in [0.25, 0.3) is 6.43 Å². The van der Waals surface area contributed by atoms with E-state index in [1.165, 1.54) is 0 Å². The summed E-state index contributed by atoms with van der Waals surface area (Å²) in [5, 5.41) is 0. The Hall–Kier alpha value is -1.47. The molecule has 2 nitrogen and oxygen atoms in total. The number of nitrogens with zero attached hydrogens (tertiary/aromatic N) is 1. The van der Waals surface area contributed by atoms with E-state index < -0.39 is 35.4 Å². The summed E-state index contributed by atoms with van der Waals surface area (Å²) < 4.78 is 78.6. The molecule has 0 saturated heterocycles. The van der Waals surface area contributed by atoms with Crippen LogP contribution in [0.1, 0.15) is 17.7 Å². The fraction of sp³-hybridized carbons (Fsp3) is 0.375. The van der Waals surface area contributed by atoms with Crippen LogP contribution in [0.2, 0.25) is 0 Å². The molecule has 0 atom stereocenters. The predicted octanol–water partition coefficient (Wildman–Crippen LogP) is 3.19. The Morgan fingerprint density at radius 3 is 2.25 bits per heavy atom. The summed E-state index contributed by atoms with van der Waals surface area (Å²) in [5.41, 5.74) is -3.42. The van der Waals surface area contributed by atoms with Crippen LogP contribution in [0.3, 0.4) is 0 Å². The quantitative estimate of drug-likeness (QED) is 0.746. The monoisotopic (exact) mass is 245 g/mol. The van der Waals surface area contributed by atoms with Gasteiger partial charge in [-0.05, 0) is 0 Å². The fourth-order valence-corrected chi connectivity index (χ4v) is 1.06. The predicted molar refractivity (Wildman–Crippen MR) is 40.7 cm³/mol. The van der Waals surface area contributed by atoms with Crippen LogP contribution < -0.4 is 4.74 Å². The molecule has 0 aliphatic heterocycles. The normalized spacial score (nSPS) is 12.0. The third-order valence-corrected chi connectivity index (χ3v) is 1.72. The van der Waals surface area contributed by atoms with E-state index in [9.17, 15) is 26.3 Å². The van der Waals surface area contributed by atoms with Gasteiger partial charge in [-0.2, -0.15) is 13.2 Å². The highest BCUT2D eigenvalue weighted by Crippen LogP contribution is 2.39. The lowest BCUT2D eigenvalue weighted by Gasteiger charge is -2.14. The highest BCUT2D eigenvalue weighted by atomic mass is 19.4. The minimum absolute atomic E-state index is 0.410. The van der Waals surface area contributed by atoms with Gasteiger partial charge >= 0.3 is 6.18 Å². The number of methoxy groups -OCH3 is 1. The van der Waals surface area contributed by atoms with Crippen molar-refractivity contribution in [2.24, 2.45) is 0 Å². The number of halogens is 6. The largest absolute Gasteiger partial charge is 0.494 e. The Bertz CT molecular complexity index is 389. The molecule has 1 rings (SSSR count). The van der Waals surface area contributed by atoms with Gasteiger partial charge in [0.2, 0.25) is 0 Å². The maximum Gasteiger partial charge on any atom is 0.422 e. The van der Waals surface area contributed by atoms with Gasteiger partial charge in [0, 0.05) is 0 Å². The molecule has 1 aromatic rings. The summed E-state index contributed by atoms with van der Waals surface area (Å²) in [4.78, 5) is 2.87. The summed E-state index contributed by atoms with van der Waals surface area (Å²) in [6, 6.07) is 0. The first-order valence-corrected chi connectivity index (χ1v) is 3.86. The second-order valence-electron chi connectivity index (χ2n) is 2.70. The summed E-state index contributed by atoms with van der Waals surface area (Å²) >= 11 is 0. The summed E-state index contributed by atoms with van der Waals surface area (Å²) in [6.07, 6.45) is -8.14. The molecule has 0 aliphatic carbocycles. The Balaban J connectivity index is 3.47.